The Morgan fingerprint density at radius 3 is 2.42 bits per heavy atom. The van der Waals surface area contributed by atoms with Crippen molar-refractivity contribution in [3.05, 3.63) is 65.2 Å². The molecule has 1 saturated carbocycles. The normalized spacial score (nSPS) is 14.8. The minimum atomic E-state index is 0.0202. The maximum atomic E-state index is 12.9. The second-order valence-corrected chi connectivity index (χ2v) is 11.1. The zero-order valence-electron chi connectivity index (χ0n) is 18.9. The van der Waals surface area contributed by atoms with Crippen LogP contribution in [0.15, 0.2) is 48.5 Å². The van der Waals surface area contributed by atoms with E-state index in [0.29, 0.717) is 16.2 Å². The monoisotopic (exact) mass is 454 g/mol. The third-order valence-electron chi connectivity index (χ3n) is 5.69. The van der Waals surface area contributed by atoms with E-state index in [1.807, 2.05) is 48.5 Å². The first kappa shape index (κ1) is 23.8. The zero-order chi connectivity index (χ0) is 22.3. The average molecular weight is 455 g/mol. The lowest BCUT2D eigenvalue weighted by Crippen LogP contribution is -2.30. The van der Waals surface area contributed by atoms with Crippen LogP contribution in [0.2, 0.25) is 0 Å². The van der Waals surface area contributed by atoms with Crippen LogP contribution in [0.5, 0.6) is 0 Å². The van der Waals surface area contributed by atoms with Crippen LogP contribution >= 0.6 is 24.0 Å². The number of carbonyl (C=O) groups is 1. The molecule has 3 rings (SSSR count). The molecule has 0 spiro atoms. The summed E-state index contributed by atoms with van der Waals surface area (Å²) in [4.78, 5) is 12.9. The fraction of sp³-hybridized carbons (Fsp3) is 0.462. The standard InChI is InChI=1S/C26H34N2OS2/c1-26(2,3)21-14-12-19(13-15-21)24(29)20-8-7-9-22(18-20)28-25(30)27-16-17-31-23-10-5-4-6-11-23/h7-9,12-15,18,23H,4-6,10-11,16-17H2,1-3H3,(H2,27,28,30). The zero-order valence-corrected chi connectivity index (χ0v) is 20.5. The quantitative estimate of drug-likeness (QED) is 0.281. The lowest BCUT2D eigenvalue weighted by molar-refractivity contribution is 0.103. The highest BCUT2D eigenvalue weighted by Gasteiger charge is 2.16. The number of rotatable bonds is 7. The molecule has 3 nitrogen and oxygen atoms in total. The molecule has 0 aliphatic heterocycles. The van der Waals surface area contributed by atoms with Gasteiger partial charge in [0.25, 0.3) is 0 Å². The maximum absolute atomic E-state index is 12.9. The van der Waals surface area contributed by atoms with Gasteiger partial charge in [-0.1, -0.05) is 76.4 Å². The summed E-state index contributed by atoms with van der Waals surface area (Å²) in [6, 6.07) is 15.5. The van der Waals surface area contributed by atoms with Crippen molar-refractivity contribution in [1.82, 2.24) is 5.32 Å². The number of benzene rings is 2. The molecule has 1 fully saturated rings. The number of thiocarbonyl (C=S) groups is 1. The van der Waals surface area contributed by atoms with Crippen LogP contribution < -0.4 is 10.6 Å². The Kier molecular flexibility index (Phi) is 8.56. The molecule has 2 aromatic rings. The number of ketones is 1. The summed E-state index contributed by atoms with van der Waals surface area (Å²) < 4.78 is 0. The fourth-order valence-electron chi connectivity index (χ4n) is 3.82. The van der Waals surface area contributed by atoms with Gasteiger partial charge in [-0.2, -0.15) is 11.8 Å². The SMILES string of the molecule is CC(C)(C)c1ccc(C(=O)c2cccc(NC(=S)NCCSC3CCCCC3)c2)cc1. The number of hydrogen-bond acceptors (Lipinski definition) is 3. The molecule has 0 bridgehead atoms. The van der Waals surface area contributed by atoms with Crippen LogP contribution in [0.3, 0.4) is 0 Å². The second-order valence-electron chi connectivity index (χ2n) is 9.25. The van der Waals surface area contributed by atoms with Crippen molar-refractivity contribution in [2.45, 2.75) is 63.5 Å². The lowest BCUT2D eigenvalue weighted by Gasteiger charge is -2.21. The van der Waals surface area contributed by atoms with Crippen LogP contribution in [-0.2, 0) is 5.41 Å². The van der Waals surface area contributed by atoms with Crippen molar-refractivity contribution >= 4 is 40.6 Å². The first-order valence-corrected chi connectivity index (χ1v) is 12.7. The maximum Gasteiger partial charge on any atom is 0.193 e. The predicted octanol–water partition coefficient (Wildman–Crippen LogP) is 6.57. The summed E-state index contributed by atoms with van der Waals surface area (Å²) in [6.07, 6.45) is 6.86. The average Bonchev–Trinajstić information content (AvgIpc) is 2.76. The first-order chi connectivity index (χ1) is 14.8. The van der Waals surface area contributed by atoms with E-state index in [-0.39, 0.29) is 11.2 Å². The molecule has 166 valence electrons. The van der Waals surface area contributed by atoms with E-state index in [4.69, 9.17) is 12.2 Å². The Bertz CT molecular complexity index is 881. The molecular weight excluding hydrogens is 420 g/mol. The molecular formula is C26H34N2OS2. The van der Waals surface area contributed by atoms with Gasteiger partial charge in [-0.05, 0) is 48.2 Å². The highest BCUT2D eigenvalue weighted by molar-refractivity contribution is 7.99. The van der Waals surface area contributed by atoms with Crippen molar-refractivity contribution < 1.29 is 4.79 Å². The summed E-state index contributed by atoms with van der Waals surface area (Å²) in [5, 5.41) is 7.92. The van der Waals surface area contributed by atoms with E-state index < -0.39 is 0 Å². The van der Waals surface area contributed by atoms with Crippen LogP contribution in [0.1, 0.15) is 74.4 Å². The second kappa shape index (κ2) is 11.1. The molecule has 2 N–H and O–H groups in total. The van der Waals surface area contributed by atoms with Crippen LogP contribution in [0, 0.1) is 0 Å². The van der Waals surface area contributed by atoms with E-state index in [2.05, 4.69) is 43.2 Å². The number of carbonyl (C=O) groups excluding carboxylic acids is 1. The van der Waals surface area contributed by atoms with E-state index in [9.17, 15) is 4.79 Å². The minimum Gasteiger partial charge on any atom is -0.362 e. The highest BCUT2D eigenvalue weighted by atomic mass is 32.2. The van der Waals surface area contributed by atoms with Crippen molar-refractivity contribution in [3.63, 3.8) is 0 Å². The summed E-state index contributed by atoms with van der Waals surface area (Å²) in [7, 11) is 0. The van der Waals surface area contributed by atoms with Gasteiger partial charge >= 0.3 is 0 Å². The van der Waals surface area contributed by atoms with E-state index in [1.165, 1.54) is 37.7 Å². The fourth-order valence-corrected chi connectivity index (χ4v) is 5.26. The Morgan fingerprint density at radius 2 is 1.74 bits per heavy atom. The summed E-state index contributed by atoms with van der Waals surface area (Å²) >= 11 is 7.50. The van der Waals surface area contributed by atoms with Gasteiger partial charge in [0.1, 0.15) is 0 Å². The van der Waals surface area contributed by atoms with Gasteiger partial charge in [0.15, 0.2) is 10.9 Å². The van der Waals surface area contributed by atoms with Gasteiger partial charge in [-0.15, -0.1) is 0 Å². The van der Waals surface area contributed by atoms with Gasteiger partial charge < -0.3 is 10.6 Å². The highest BCUT2D eigenvalue weighted by Crippen LogP contribution is 2.27. The topological polar surface area (TPSA) is 41.1 Å². The van der Waals surface area contributed by atoms with Gasteiger partial charge in [0.05, 0.1) is 0 Å². The van der Waals surface area contributed by atoms with E-state index in [1.54, 1.807) is 0 Å². The number of anilines is 1. The smallest absolute Gasteiger partial charge is 0.193 e. The van der Waals surface area contributed by atoms with Crippen LogP contribution in [0.4, 0.5) is 5.69 Å². The molecule has 0 amide bonds. The molecule has 0 aromatic heterocycles. The predicted molar refractivity (Wildman–Crippen MR) is 139 cm³/mol. The number of thioether (sulfide) groups is 1. The molecule has 0 unspecified atom stereocenters. The van der Waals surface area contributed by atoms with Gasteiger partial charge in [0, 0.05) is 34.4 Å². The Labute approximate surface area is 196 Å². The Morgan fingerprint density at radius 1 is 1.03 bits per heavy atom. The lowest BCUT2D eigenvalue weighted by atomic mass is 9.86. The largest absolute Gasteiger partial charge is 0.362 e. The molecule has 0 atom stereocenters. The number of hydrogen-bond donors (Lipinski definition) is 2. The Hall–Kier alpha value is -1.85. The van der Waals surface area contributed by atoms with E-state index >= 15 is 0 Å². The molecule has 31 heavy (non-hydrogen) atoms. The van der Waals surface area contributed by atoms with Crippen molar-refractivity contribution in [2.24, 2.45) is 0 Å². The summed E-state index contributed by atoms with van der Waals surface area (Å²) in [5.41, 5.74) is 3.48. The van der Waals surface area contributed by atoms with Crippen molar-refractivity contribution in [1.29, 1.82) is 0 Å². The third kappa shape index (κ3) is 7.36. The molecule has 2 aromatic carbocycles. The number of nitrogens with one attached hydrogen (secondary N) is 2. The molecule has 0 saturated heterocycles. The summed E-state index contributed by atoms with van der Waals surface area (Å²) in [6.45, 7) is 7.37. The van der Waals surface area contributed by atoms with E-state index in [0.717, 1.165) is 23.2 Å². The molecule has 0 heterocycles. The van der Waals surface area contributed by atoms with Gasteiger partial charge in [-0.3, -0.25) is 4.79 Å². The van der Waals surface area contributed by atoms with Crippen molar-refractivity contribution in [3.8, 4) is 0 Å². The first-order valence-electron chi connectivity index (χ1n) is 11.2. The minimum absolute atomic E-state index is 0.0202. The molecule has 1 aliphatic rings. The van der Waals surface area contributed by atoms with Crippen LogP contribution in [0.25, 0.3) is 0 Å². The van der Waals surface area contributed by atoms with Gasteiger partial charge in [0.2, 0.25) is 0 Å². The third-order valence-corrected chi connectivity index (χ3v) is 7.32. The molecule has 5 heteroatoms. The van der Waals surface area contributed by atoms with Gasteiger partial charge in [-0.25, -0.2) is 0 Å². The van der Waals surface area contributed by atoms with Crippen LogP contribution in [-0.4, -0.2) is 28.4 Å². The van der Waals surface area contributed by atoms with Crippen molar-refractivity contribution in [2.75, 3.05) is 17.6 Å². The summed E-state index contributed by atoms with van der Waals surface area (Å²) in [5.74, 6) is 1.09. The molecule has 1 aliphatic carbocycles. The molecule has 0 radical (unpaired) electrons. The Balaban J connectivity index is 1.51.